The SMILES string of the molecule is Cc1cccc([C@@H]2c3cccn3-c3ccccc3CN2C(=O)Nc2cc(C)ccc2C)c1. The van der Waals surface area contributed by atoms with Crippen LogP contribution in [0.1, 0.15) is 39.6 Å². The summed E-state index contributed by atoms with van der Waals surface area (Å²) >= 11 is 0. The second-order valence-electron chi connectivity index (χ2n) is 8.62. The van der Waals surface area contributed by atoms with E-state index >= 15 is 0 Å². The summed E-state index contributed by atoms with van der Waals surface area (Å²) in [4.78, 5) is 15.8. The molecule has 4 aromatic rings. The lowest BCUT2D eigenvalue weighted by Gasteiger charge is -2.31. The molecule has 1 aromatic heterocycles. The standard InChI is InChI=1S/C28H27N3O/c1-19-8-6-10-22(16-19)27-26-12-7-15-30(26)25-11-5-4-9-23(25)18-31(27)28(32)29-24-17-20(2)13-14-21(24)3/h4-17,27H,18H2,1-3H3,(H,29,32)/t27-/m1/s1. The van der Waals surface area contributed by atoms with Crippen LogP contribution in [0.2, 0.25) is 0 Å². The highest BCUT2D eigenvalue weighted by Gasteiger charge is 2.33. The second-order valence-corrected chi connectivity index (χ2v) is 8.62. The fraction of sp³-hybridized carbons (Fsp3) is 0.179. The number of hydrogen-bond donors (Lipinski definition) is 1. The van der Waals surface area contributed by atoms with E-state index in [1.807, 2.05) is 36.9 Å². The first-order valence-corrected chi connectivity index (χ1v) is 11.0. The Balaban J connectivity index is 1.65. The van der Waals surface area contributed by atoms with E-state index < -0.39 is 0 Å². The average molecular weight is 422 g/mol. The fourth-order valence-electron chi connectivity index (χ4n) is 4.59. The summed E-state index contributed by atoms with van der Waals surface area (Å²) in [5, 5.41) is 3.19. The second kappa shape index (κ2) is 8.04. The minimum atomic E-state index is -0.206. The lowest BCUT2D eigenvalue weighted by Crippen LogP contribution is -2.38. The number of aryl methyl sites for hydroxylation is 3. The van der Waals surface area contributed by atoms with E-state index in [0.717, 1.165) is 39.3 Å². The van der Waals surface area contributed by atoms with Gasteiger partial charge in [0.05, 0.1) is 18.3 Å². The molecular formula is C28H27N3O. The third-order valence-electron chi connectivity index (χ3n) is 6.22. The van der Waals surface area contributed by atoms with Gasteiger partial charge in [0.2, 0.25) is 0 Å². The Morgan fingerprint density at radius 3 is 2.53 bits per heavy atom. The van der Waals surface area contributed by atoms with Crippen LogP contribution in [0.4, 0.5) is 10.5 Å². The normalized spacial score (nSPS) is 15.0. The fourth-order valence-corrected chi connectivity index (χ4v) is 4.59. The third kappa shape index (κ3) is 3.58. The monoisotopic (exact) mass is 421 g/mol. The number of benzene rings is 3. The molecule has 2 heterocycles. The van der Waals surface area contributed by atoms with Crippen molar-refractivity contribution in [3.63, 3.8) is 0 Å². The summed E-state index contributed by atoms with van der Waals surface area (Å²) in [5.41, 5.74) is 8.63. The molecule has 1 N–H and O–H groups in total. The molecule has 0 bridgehead atoms. The molecule has 2 amide bonds. The lowest BCUT2D eigenvalue weighted by atomic mass is 10.00. The lowest BCUT2D eigenvalue weighted by molar-refractivity contribution is 0.194. The van der Waals surface area contributed by atoms with Crippen molar-refractivity contribution in [1.82, 2.24) is 9.47 Å². The number of rotatable bonds is 2. The Kier molecular flexibility index (Phi) is 5.06. The van der Waals surface area contributed by atoms with E-state index in [-0.39, 0.29) is 12.1 Å². The third-order valence-corrected chi connectivity index (χ3v) is 6.22. The zero-order chi connectivity index (χ0) is 22.2. The van der Waals surface area contributed by atoms with Gasteiger partial charge in [0.1, 0.15) is 0 Å². The van der Waals surface area contributed by atoms with Crippen molar-refractivity contribution in [3.05, 3.63) is 119 Å². The van der Waals surface area contributed by atoms with E-state index in [0.29, 0.717) is 6.54 Å². The maximum absolute atomic E-state index is 13.8. The number of aromatic nitrogens is 1. The van der Waals surface area contributed by atoms with Crippen molar-refractivity contribution in [2.24, 2.45) is 0 Å². The molecule has 0 fully saturated rings. The summed E-state index contributed by atoms with van der Waals surface area (Å²) in [5.74, 6) is 0. The zero-order valence-electron chi connectivity index (χ0n) is 18.7. The molecule has 0 radical (unpaired) electrons. The van der Waals surface area contributed by atoms with Crippen LogP contribution in [-0.4, -0.2) is 15.5 Å². The summed E-state index contributed by atoms with van der Waals surface area (Å²) in [6, 6.07) is 26.8. The minimum absolute atomic E-state index is 0.102. The molecule has 1 atom stereocenters. The molecule has 1 aliphatic heterocycles. The molecule has 160 valence electrons. The molecule has 4 heteroatoms. The highest BCUT2D eigenvalue weighted by molar-refractivity contribution is 5.91. The number of carbonyl (C=O) groups excluding carboxylic acids is 1. The number of nitrogens with one attached hydrogen (secondary N) is 1. The Labute approximate surface area is 189 Å². The van der Waals surface area contributed by atoms with Crippen molar-refractivity contribution >= 4 is 11.7 Å². The minimum Gasteiger partial charge on any atom is -0.318 e. The summed E-state index contributed by atoms with van der Waals surface area (Å²) in [6.45, 7) is 6.68. The van der Waals surface area contributed by atoms with Crippen molar-refractivity contribution < 1.29 is 4.79 Å². The number of para-hydroxylation sites is 1. The number of fused-ring (bicyclic) bond motifs is 3. The molecule has 32 heavy (non-hydrogen) atoms. The van der Waals surface area contributed by atoms with Gasteiger partial charge in [-0.25, -0.2) is 4.79 Å². The first kappa shape index (κ1) is 20.1. The van der Waals surface area contributed by atoms with Gasteiger partial charge in [-0.1, -0.05) is 60.2 Å². The largest absolute Gasteiger partial charge is 0.322 e. The topological polar surface area (TPSA) is 37.3 Å². The van der Waals surface area contributed by atoms with Crippen molar-refractivity contribution in [1.29, 1.82) is 0 Å². The average Bonchev–Trinajstić information content (AvgIpc) is 3.20. The Hall–Kier alpha value is -3.79. The zero-order valence-corrected chi connectivity index (χ0v) is 18.7. The maximum Gasteiger partial charge on any atom is 0.322 e. The summed E-state index contributed by atoms with van der Waals surface area (Å²) in [7, 11) is 0. The molecule has 0 saturated heterocycles. The van der Waals surface area contributed by atoms with E-state index in [1.165, 1.54) is 5.56 Å². The molecule has 0 saturated carbocycles. The molecule has 0 spiro atoms. The first-order valence-electron chi connectivity index (χ1n) is 11.0. The Morgan fingerprint density at radius 2 is 1.69 bits per heavy atom. The molecule has 0 aliphatic carbocycles. The van der Waals surface area contributed by atoms with Crippen LogP contribution in [0.15, 0.2) is 85.1 Å². The van der Waals surface area contributed by atoms with Gasteiger partial charge in [-0.2, -0.15) is 0 Å². The van der Waals surface area contributed by atoms with Gasteiger partial charge in [0.25, 0.3) is 0 Å². The molecule has 3 aromatic carbocycles. The van der Waals surface area contributed by atoms with Crippen molar-refractivity contribution in [2.75, 3.05) is 5.32 Å². The van der Waals surface area contributed by atoms with Gasteiger partial charge in [-0.05, 0) is 67.3 Å². The van der Waals surface area contributed by atoms with E-state index in [2.05, 4.69) is 83.7 Å². The van der Waals surface area contributed by atoms with Crippen LogP contribution in [-0.2, 0) is 6.54 Å². The van der Waals surface area contributed by atoms with Crippen LogP contribution in [0.25, 0.3) is 5.69 Å². The Bertz CT molecular complexity index is 1300. The van der Waals surface area contributed by atoms with Gasteiger partial charge >= 0.3 is 6.03 Å². The quantitative estimate of drug-likeness (QED) is 0.392. The van der Waals surface area contributed by atoms with Crippen molar-refractivity contribution in [3.8, 4) is 5.69 Å². The predicted molar refractivity (Wildman–Crippen MR) is 129 cm³/mol. The van der Waals surface area contributed by atoms with E-state index in [9.17, 15) is 4.79 Å². The van der Waals surface area contributed by atoms with E-state index in [1.54, 1.807) is 0 Å². The van der Waals surface area contributed by atoms with Gasteiger partial charge < -0.3 is 14.8 Å². The Morgan fingerprint density at radius 1 is 0.875 bits per heavy atom. The van der Waals surface area contributed by atoms with Gasteiger partial charge in [-0.3, -0.25) is 0 Å². The van der Waals surface area contributed by atoms with Crippen molar-refractivity contribution in [2.45, 2.75) is 33.4 Å². The summed E-state index contributed by atoms with van der Waals surface area (Å²) < 4.78 is 2.22. The van der Waals surface area contributed by atoms with Crippen LogP contribution < -0.4 is 5.32 Å². The number of anilines is 1. The molecule has 1 aliphatic rings. The molecule has 4 nitrogen and oxygen atoms in total. The van der Waals surface area contributed by atoms with Crippen LogP contribution in [0, 0.1) is 20.8 Å². The number of amides is 2. The smallest absolute Gasteiger partial charge is 0.318 e. The van der Waals surface area contributed by atoms with Gasteiger partial charge in [-0.15, -0.1) is 0 Å². The first-order chi connectivity index (χ1) is 15.5. The van der Waals surface area contributed by atoms with Gasteiger partial charge in [0, 0.05) is 17.6 Å². The summed E-state index contributed by atoms with van der Waals surface area (Å²) in [6.07, 6.45) is 2.09. The molecule has 5 rings (SSSR count). The van der Waals surface area contributed by atoms with E-state index in [4.69, 9.17) is 0 Å². The highest BCUT2D eigenvalue weighted by Crippen LogP contribution is 2.37. The van der Waals surface area contributed by atoms with Gasteiger partial charge in [0.15, 0.2) is 0 Å². The number of nitrogens with zero attached hydrogens (tertiary/aromatic N) is 2. The van der Waals surface area contributed by atoms with Crippen LogP contribution in [0.5, 0.6) is 0 Å². The van der Waals surface area contributed by atoms with Crippen LogP contribution in [0.3, 0.4) is 0 Å². The predicted octanol–water partition coefficient (Wildman–Crippen LogP) is 6.54. The number of urea groups is 1. The molecule has 0 unspecified atom stereocenters. The number of hydrogen-bond acceptors (Lipinski definition) is 1. The highest BCUT2D eigenvalue weighted by atomic mass is 16.2. The maximum atomic E-state index is 13.8. The number of carbonyl (C=O) groups is 1. The van der Waals surface area contributed by atoms with Crippen LogP contribution >= 0.6 is 0 Å². The molecular weight excluding hydrogens is 394 g/mol.